The fourth-order valence-corrected chi connectivity index (χ4v) is 7.46. The van der Waals surface area contributed by atoms with Gasteiger partial charge in [-0.25, -0.2) is 0 Å². The minimum Gasteiger partial charge on any atom is -0.462 e. The van der Waals surface area contributed by atoms with E-state index in [1.807, 2.05) is 0 Å². The van der Waals surface area contributed by atoms with Gasteiger partial charge in [0, 0.05) is 19.4 Å². The van der Waals surface area contributed by atoms with Crippen LogP contribution in [-0.2, 0) is 23.8 Å². The Labute approximate surface area is 373 Å². The Balaban J connectivity index is 4.22. The monoisotopic (exact) mass is 841 g/mol. The van der Waals surface area contributed by atoms with Gasteiger partial charge in [-0.05, 0) is 77.0 Å². The summed E-state index contributed by atoms with van der Waals surface area (Å²) in [6.07, 6.45) is 62.6. The summed E-state index contributed by atoms with van der Waals surface area (Å²) in [5, 5.41) is 0. The molecule has 0 bridgehead atoms. The van der Waals surface area contributed by atoms with Crippen molar-refractivity contribution in [3.8, 4) is 0 Å². The molecule has 0 N–H and O–H groups in total. The first-order chi connectivity index (χ1) is 29.6. The predicted molar refractivity (Wildman–Crippen MR) is 261 cm³/mol. The van der Waals surface area contributed by atoms with Gasteiger partial charge in [0.15, 0.2) is 6.10 Å². The molecule has 0 aliphatic rings. The molecule has 0 aromatic rings. The first-order valence-electron chi connectivity index (χ1n) is 26.2. The van der Waals surface area contributed by atoms with Crippen LogP contribution in [0.4, 0.5) is 0 Å². The molecule has 0 spiro atoms. The topological polar surface area (TPSA) is 61.8 Å². The number of rotatable bonds is 48. The van der Waals surface area contributed by atoms with Crippen molar-refractivity contribution in [1.29, 1.82) is 0 Å². The van der Waals surface area contributed by atoms with Gasteiger partial charge in [0.25, 0.3) is 0 Å². The zero-order valence-electron chi connectivity index (χ0n) is 40.2. The van der Waals surface area contributed by atoms with Gasteiger partial charge in [-0.15, -0.1) is 0 Å². The lowest BCUT2D eigenvalue weighted by atomic mass is 10.1. The lowest BCUT2D eigenvalue weighted by molar-refractivity contribution is -0.163. The van der Waals surface area contributed by atoms with Crippen LogP contribution in [0.3, 0.4) is 0 Å². The fraction of sp³-hybridized carbons (Fsp3) is 0.818. The van der Waals surface area contributed by atoms with Gasteiger partial charge in [-0.3, -0.25) is 9.59 Å². The van der Waals surface area contributed by atoms with Crippen LogP contribution in [0.25, 0.3) is 0 Å². The molecule has 0 amide bonds. The highest BCUT2D eigenvalue weighted by atomic mass is 16.6. The van der Waals surface area contributed by atoms with E-state index in [2.05, 4.69) is 69.4 Å². The molecule has 1 unspecified atom stereocenters. The predicted octanol–water partition coefficient (Wildman–Crippen LogP) is 17.6. The molecule has 0 aromatic carbocycles. The van der Waals surface area contributed by atoms with Crippen LogP contribution < -0.4 is 0 Å². The van der Waals surface area contributed by atoms with Crippen molar-refractivity contribution in [3.05, 3.63) is 48.6 Å². The Hall–Kier alpha value is -2.14. The molecule has 350 valence electrons. The van der Waals surface area contributed by atoms with Gasteiger partial charge in [0.05, 0.1) is 6.61 Å². The maximum absolute atomic E-state index is 12.8. The van der Waals surface area contributed by atoms with Crippen molar-refractivity contribution < 1.29 is 23.8 Å². The molecule has 0 saturated heterocycles. The normalized spacial score (nSPS) is 12.5. The van der Waals surface area contributed by atoms with E-state index >= 15 is 0 Å². The number of carbonyl (C=O) groups is 2. The largest absolute Gasteiger partial charge is 0.462 e. The summed E-state index contributed by atoms with van der Waals surface area (Å²) in [6, 6.07) is 0. The third-order valence-corrected chi connectivity index (χ3v) is 11.3. The van der Waals surface area contributed by atoms with Gasteiger partial charge < -0.3 is 14.2 Å². The molecule has 0 aromatic heterocycles. The average molecular weight is 841 g/mol. The quantitative estimate of drug-likeness (QED) is 0.0347. The first-order valence-corrected chi connectivity index (χ1v) is 26.2. The third-order valence-electron chi connectivity index (χ3n) is 11.3. The van der Waals surface area contributed by atoms with Crippen LogP contribution in [0.1, 0.15) is 265 Å². The summed E-state index contributed by atoms with van der Waals surface area (Å²) in [5.41, 5.74) is 0. The lowest BCUT2D eigenvalue weighted by Gasteiger charge is -2.18. The molecule has 0 saturated carbocycles. The van der Waals surface area contributed by atoms with Crippen molar-refractivity contribution in [2.24, 2.45) is 0 Å². The first kappa shape index (κ1) is 57.9. The van der Waals surface area contributed by atoms with E-state index in [0.717, 1.165) is 70.6 Å². The Morgan fingerprint density at radius 2 is 0.750 bits per heavy atom. The van der Waals surface area contributed by atoms with Gasteiger partial charge in [0.2, 0.25) is 0 Å². The Morgan fingerprint density at radius 3 is 1.23 bits per heavy atom. The third kappa shape index (κ3) is 48.5. The van der Waals surface area contributed by atoms with Gasteiger partial charge >= 0.3 is 11.9 Å². The van der Waals surface area contributed by atoms with Gasteiger partial charge in [-0.1, -0.05) is 223 Å². The lowest BCUT2D eigenvalue weighted by Crippen LogP contribution is -2.30. The summed E-state index contributed by atoms with van der Waals surface area (Å²) in [7, 11) is 0. The van der Waals surface area contributed by atoms with Crippen molar-refractivity contribution in [2.75, 3.05) is 19.8 Å². The highest BCUT2D eigenvalue weighted by Crippen LogP contribution is 2.15. The average Bonchev–Trinajstić information content (AvgIpc) is 3.25. The SMILES string of the molecule is CC/C=C\C/C=C\C/C=C\CCCCCC(=O)OC(COCCCCCCCCCCCCCC)COC(=O)CCCCCCCCCCC/C=C\CCCCCCCC. The van der Waals surface area contributed by atoms with E-state index in [-0.39, 0.29) is 25.2 Å². The van der Waals surface area contributed by atoms with E-state index in [9.17, 15) is 9.59 Å². The second-order valence-corrected chi connectivity index (χ2v) is 17.4. The zero-order valence-corrected chi connectivity index (χ0v) is 40.2. The van der Waals surface area contributed by atoms with Crippen molar-refractivity contribution in [2.45, 2.75) is 271 Å². The molecule has 0 heterocycles. The molecular weight excluding hydrogens is 741 g/mol. The molecule has 1 atom stereocenters. The smallest absolute Gasteiger partial charge is 0.306 e. The molecule has 0 aliphatic heterocycles. The van der Waals surface area contributed by atoms with Crippen molar-refractivity contribution >= 4 is 11.9 Å². The summed E-state index contributed by atoms with van der Waals surface area (Å²) in [5.74, 6) is -0.423. The molecule has 0 aliphatic carbocycles. The van der Waals surface area contributed by atoms with Gasteiger partial charge in [0.1, 0.15) is 6.61 Å². The molecule has 0 radical (unpaired) electrons. The Kier molecular flexibility index (Phi) is 49.4. The Bertz CT molecular complexity index is 997. The van der Waals surface area contributed by atoms with E-state index in [0.29, 0.717) is 19.4 Å². The molecular formula is C55H100O5. The van der Waals surface area contributed by atoms with Crippen LogP contribution >= 0.6 is 0 Å². The number of carbonyl (C=O) groups excluding carboxylic acids is 2. The standard InChI is InChI=1S/C55H100O5/c1-4-7-10-13-16-19-22-25-26-27-28-29-30-32-33-36-39-42-45-48-54(56)59-52-53(51-58-50-47-44-41-38-35-24-21-18-15-12-9-6-3)60-55(57)49-46-43-40-37-34-31-23-20-17-14-11-8-5-2/h8,11,17,20,25-26,31,34,53H,4-7,9-10,12-16,18-19,21-24,27-30,32-33,35-52H2,1-3H3/b11-8-,20-17-,26-25-,34-31-. The van der Waals surface area contributed by atoms with E-state index in [1.165, 1.54) is 161 Å². The highest BCUT2D eigenvalue weighted by Gasteiger charge is 2.17. The molecule has 0 fully saturated rings. The van der Waals surface area contributed by atoms with Crippen LogP contribution in [0.5, 0.6) is 0 Å². The zero-order chi connectivity index (χ0) is 43.5. The second-order valence-electron chi connectivity index (χ2n) is 17.4. The molecule has 5 nitrogen and oxygen atoms in total. The maximum atomic E-state index is 12.8. The maximum Gasteiger partial charge on any atom is 0.306 e. The van der Waals surface area contributed by atoms with Gasteiger partial charge in [-0.2, -0.15) is 0 Å². The number of esters is 2. The second kappa shape index (κ2) is 51.2. The number of allylic oxidation sites excluding steroid dienone is 8. The number of ether oxygens (including phenoxy) is 3. The van der Waals surface area contributed by atoms with E-state index in [1.54, 1.807) is 0 Å². The minimum atomic E-state index is -0.548. The number of hydrogen-bond acceptors (Lipinski definition) is 5. The summed E-state index contributed by atoms with van der Waals surface area (Å²) < 4.78 is 17.4. The summed E-state index contributed by atoms with van der Waals surface area (Å²) in [4.78, 5) is 25.4. The van der Waals surface area contributed by atoms with E-state index < -0.39 is 6.10 Å². The van der Waals surface area contributed by atoms with Crippen LogP contribution in [0, 0.1) is 0 Å². The molecule has 0 rings (SSSR count). The molecule has 5 heteroatoms. The summed E-state index contributed by atoms with van der Waals surface area (Å²) in [6.45, 7) is 7.71. The molecule has 60 heavy (non-hydrogen) atoms. The van der Waals surface area contributed by atoms with Crippen LogP contribution in [-0.4, -0.2) is 37.9 Å². The number of unbranched alkanes of at least 4 members (excludes halogenated alkanes) is 29. The number of hydrogen-bond donors (Lipinski definition) is 0. The van der Waals surface area contributed by atoms with Crippen LogP contribution in [0.15, 0.2) is 48.6 Å². The Morgan fingerprint density at radius 1 is 0.383 bits per heavy atom. The van der Waals surface area contributed by atoms with Crippen molar-refractivity contribution in [3.63, 3.8) is 0 Å². The van der Waals surface area contributed by atoms with E-state index in [4.69, 9.17) is 14.2 Å². The fourth-order valence-electron chi connectivity index (χ4n) is 7.46. The summed E-state index contributed by atoms with van der Waals surface area (Å²) >= 11 is 0. The van der Waals surface area contributed by atoms with Crippen molar-refractivity contribution in [1.82, 2.24) is 0 Å². The highest BCUT2D eigenvalue weighted by molar-refractivity contribution is 5.70. The van der Waals surface area contributed by atoms with Crippen LogP contribution in [0.2, 0.25) is 0 Å². The minimum absolute atomic E-state index is 0.0755.